The zero-order valence-electron chi connectivity index (χ0n) is 12.2. The van der Waals surface area contributed by atoms with Crippen LogP contribution in [0.1, 0.15) is 32.2 Å². The minimum atomic E-state index is -0.0341. The Balaban J connectivity index is 1.72. The Bertz CT molecular complexity index is 771. The molecule has 0 unspecified atom stereocenters. The van der Waals surface area contributed by atoms with Crippen LogP contribution in [0.5, 0.6) is 0 Å². The topological polar surface area (TPSA) is 89.9 Å². The van der Waals surface area contributed by atoms with Crippen LogP contribution in [-0.4, -0.2) is 14.3 Å². The van der Waals surface area contributed by atoms with Crippen molar-refractivity contribution in [2.75, 3.05) is 11.1 Å². The van der Waals surface area contributed by atoms with Gasteiger partial charge in [0.15, 0.2) is 5.58 Å². The van der Waals surface area contributed by atoms with Crippen molar-refractivity contribution in [2.24, 2.45) is 0 Å². The molecular formula is C14H17N5OS. The molecule has 3 N–H and O–H groups in total. The number of nitrogen functional groups attached to an aromatic ring is 1. The molecule has 0 fully saturated rings. The lowest BCUT2D eigenvalue weighted by atomic mass is 9.96. The molecule has 21 heavy (non-hydrogen) atoms. The SMILES string of the molecule is CC(C)(C)c1nsc(NCc2ccc3oc(N)nc3c2)n1. The van der Waals surface area contributed by atoms with Gasteiger partial charge in [0, 0.05) is 23.5 Å². The number of anilines is 2. The molecule has 0 radical (unpaired) electrons. The average Bonchev–Trinajstić information content (AvgIpc) is 3.00. The lowest BCUT2D eigenvalue weighted by Crippen LogP contribution is -2.13. The van der Waals surface area contributed by atoms with Crippen LogP contribution in [0.4, 0.5) is 11.1 Å². The molecule has 0 amide bonds. The third-order valence-electron chi connectivity index (χ3n) is 3.01. The van der Waals surface area contributed by atoms with E-state index < -0.39 is 0 Å². The first-order valence-electron chi connectivity index (χ1n) is 6.65. The van der Waals surface area contributed by atoms with E-state index in [1.165, 1.54) is 11.5 Å². The predicted molar refractivity (Wildman–Crippen MR) is 84.4 cm³/mol. The summed E-state index contributed by atoms with van der Waals surface area (Å²) < 4.78 is 9.63. The maximum atomic E-state index is 5.54. The Labute approximate surface area is 126 Å². The highest BCUT2D eigenvalue weighted by Gasteiger charge is 2.19. The number of aromatic nitrogens is 3. The molecule has 0 saturated heterocycles. The minimum Gasteiger partial charge on any atom is -0.424 e. The molecule has 0 bridgehead atoms. The van der Waals surface area contributed by atoms with Gasteiger partial charge in [0.1, 0.15) is 11.3 Å². The molecule has 0 aliphatic heterocycles. The molecule has 0 aliphatic carbocycles. The van der Waals surface area contributed by atoms with Crippen LogP contribution in [0.3, 0.4) is 0 Å². The van der Waals surface area contributed by atoms with Gasteiger partial charge in [-0.3, -0.25) is 0 Å². The fourth-order valence-electron chi connectivity index (χ4n) is 1.88. The normalized spacial score (nSPS) is 12.0. The summed E-state index contributed by atoms with van der Waals surface area (Å²) in [4.78, 5) is 8.63. The highest BCUT2D eigenvalue weighted by molar-refractivity contribution is 7.09. The molecule has 2 aromatic heterocycles. The summed E-state index contributed by atoms with van der Waals surface area (Å²) in [5.74, 6) is 0.856. The van der Waals surface area contributed by atoms with Gasteiger partial charge >= 0.3 is 0 Å². The molecule has 110 valence electrons. The standard InChI is InChI=1S/C14H17N5OS/c1-14(2,3)11-18-13(21-19-11)16-7-8-4-5-10-9(6-8)17-12(15)20-10/h4-6H,7H2,1-3H3,(H2,15,17)(H,16,18,19). The summed E-state index contributed by atoms with van der Waals surface area (Å²) in [6.45, 7) is 6.95. The van der Waals surface area contributed by atoms with Crippen LogP contribution < -0.4 is 11.1 Å². The first-order chi connectivity index (χ1) is 9.91. The highest BCUT2D eigenvalue weighted by atomic mass is 32.1. The molecule has 3 aromatic rings. The highest BCUT2D eigenvalue weighted by Crippen LogP contribution is 2.24. The largest absolute Gasteiger partial charge is 0.424 e. The van der Waals surface area contributed by atoms with E-state index >= 15 is 0 Å². The van der Waals surface area contributed by atoms with E-state index in [2.05, 4.69) is 40.4 Å². The number of nitrogens with two attached hydrogens (primary N) is 1. The second-order valence-corrected chi connectivity index (χ2v) is 6.63. The number of hydrogen-bond acceptors (Lipinski definition) is 7. The lowest BCUT2D eigenvalue weighted by Gasteiger charge is -2.12. The monoisotopic (exact) mass is 303 g/mol. The van der Waals surface area contributed by atoms with Crippen LogP contribution in [0, 0.1) is 0 Å². The van der Waals surface area contributed by atoms with E-state index in [1.807, 2.05) is 18.2 Å². The summed E-state index contributed by atoms with van der Waals surface area (Å²) in [6, 6.07) is 5.99. The molecule has 0 saturated carbocycles. The Hall–Kier alpha value is -2.15. The van der Waals surface area contributed by atoms with Crippen molar-refractivity contribution in [1.82, 2.24) is 14.3 Å². The molecule has 3 rings (SSSR count). The smallest absolute Gasteiger partial charge is 0.292 e. The zero-order valence-corrected chi connectivity index (χ0v) is 13.0. The summed E-state index contributed by atoms with van der Waals surface area (Å²) in [6.07, 6.45) is 0. The van der Waals surface area contributed by atoms with Gasteiger partial charge in [-0.05, 0) is 17.7 Å². The maximum Gasteiger partial charge on any atom is 0.292 e. The van der Waals surface area contributed by atoms with Crippen molar-refractivity contribution in [3.8, 4) is 0 Å². The fraction of sp³-hybridized carbons (Fsp3) is 0.357. The number of oxazole rings is 1. The number of nitrogens with one attached hydrogen (secondary N) is 1. The Morgan fingerprint density at radius 3 is 2.81 bits per heavy atom. The lowest BCUT2D eigenvalue weighted by molar-refractivity contribution is 0.555. The number of benzene rings is 1. The molecule has 0 atom stereocenters. The zero-order chi connectivity index (χ0) is 15.0. The van der Waals surface area contributed by atoms with Gasteiger partial charge in [-0.15, -0.1) is 0 Å². The van der Waals surface area contributed by atoms with Crippen LogP contribution >= 0.6 is 11.5 Å². The number of nitrogens with zero attached hydrogens (tertiary/aromatic N) is 3. The maximum absolute atomic E-state index is 5.54. The predicted octanol–water partition coefficient (Wildman–Crippen LogP) is 3.17. The van der Waals surface area contributed by atoms with Crippen molar-refractivity contribution >= 4 is 33.8 Å². The van der Waals surface area contributed by atoms with Crippen molar-refractivity contribution < 1.29 is 4.42 Å². The first-order valence-corrected chi connectivity index (χ1v) is 7.42. The van der Waals surface area contributed by atoms with Crippen LogP contribution in [-0.2, 0) is 12.0 Å². The summed E-state index contributed by atoms with van der Waals surface area (Å²) in [7, 11) is 0. The summed E-state index contributed by atoms with van der Waals surface area (Å²) in [5, 5.41) is 4.10. The number of fused-ring (bicyclic) bond motifs is 1. The Morgan fingerprint density at radius 2 is 2.10 bits per heavy atom. The molecule has 1 aromatic carbocycles. The molecular weight excluding hydrogens is 286 g/mol. The van der Waals surface area contributed by atoms with Crippen LogP contribution in [0.25, 0.3) is 11.1 Å². The van der Waals surface area contributed by atoms with Gasteiger partial charge in [0.25, 0.3) is 6.01 Å². The van der Waals surface area contributed by atoms with E-state index in [-0.39, 0.29) is 11.4 Å². The quantitative estimate of drug-likeness (QED) is 0.772. The fourth-order valence-corrected chi connectivity index (χ4v) is 2.63. The summed E-state index contributed by atoms with van der Waals surface area (Å²) in [5.41, 5.74) is 8.05. The average molecular weight is 303 g/mol. The minimum absolute atomic E-state index is 0.0341. The molecule has 0 aliphatic rings. The second kappa shape index (κ2) is 5.00. The van der Waals surface area contributed by atoms with E-state index in [1.54, 1.807) is 0 Å². The van der Waals surface area contributed by atoms with Gasteiger partial charge in [-0.2, -0.15) is 9.36 Å². The number of rotatable bonds is 3. The van der Waals surface area contributed by atoms with Crippen molar-refractivity contribution in [3.63, 3.8) is 0 Å². The van der Waals surface area contributed by atoms with E-state index in [0.29, 0.717) is 12.1 Å². The first kappa shape index (κ1) is 13.8. The van der Waals surface area contributed by atoms with E-state index in [0.717, 1.165) is 22.0 Å². The van der Waals surface area contributed by atoms with Crippen LogP contribution in [0.2, 0.25) is 0 Å². The number of hydrogen-bond donors (Lipinski definition) is 2. The summed E-state index contributed by atoms with van der Waals surface area (Å²) >= 11 is 1.38. The molecule has 6 nitrogen and oxygen atoms in total. The third kappa shape index (κ3) is 2.97. The van der Waals surface area contributed by atoms with Gasteiger partial charge in [0.05, 0.1) is 0 Å². The van der Waals surface area contributed by atoms with Gasteiger partial charge in [0.2, 0.25) is 5.13 Å². The molecule has 7 heteroatoms. The van der Waals surface area contributed by atoms with Crippen LogP contribution in [0.15, 0.2) is 22.6 Å². The Morgan fingerprint density at radius 1 is 1.29 bits per heavy atom. The van der Waals surface area contributed by atoms with Gasteiger partial charge in [-0.1, -0.05) is 26.8 Å². The van der Waals surface area contributed by atoms with Gasteiger partial charge in [-0.25, -0.2) is 4.98 Å². The van der Waals surface area contributed by atoms with Gasteiger partial charge < -0.3 is 15.5 Å². The van der Waals surface area contributed by atoms with Crippen molar-refractivity contribution in [1.29, 1.82) is 0 Å². The second-order valence-electron chi connectivity index (χ2n) is 5.88. The molecule has 2 heterocycles. The Kier molecular flexibility index (Phi) is 3.29. The third-order valence-corrected chi connectivity index (χ3v) is 3.68. The van der Waals surface area contributed by atoms with Crippen molar-refractivity contribution in [3.05, 3.63) is 29.6 Å². The van der Waals surface area contributed by atoms with Crippen molar-refractivity contribution in [2.45, 2.75) is 32.7 Å². The van der Waals surface area contributed by atoms with E-state index in [4.69, 9.17) is 10.2 Å². The molecule has 0 spiro atoms. The van der Waals surface area contributed by atoms with E-state index in [9.17, 15) is 0 Å².